The summed E-state index contributed by atoms with van der Waals surface area (Å²) in [6.07, 6.45) is 6.19. The number of hydrogen-bond donors (Lipinski definition) is 2. The highest BCUT2D eigenvalue weighted by Gasteiger charge is 2.35. The number of anilines is 1. The Balaban J connectivity index is 2.08. The maximum Gasteiger partial charge on any atom is 0.355 e. The standard InChI is InChI=1S/C15H23N3O3/c1-3-21-13(19)12-9-11(10-18(12)2)17-14(20)15(16)7-5-4-6-8-15/h9-10H,3-8,16H2,1-2H3,(H,17,20). The Labute approximate surface area is 124 Å². The Hall–Kier alpha value is -1.82. The van der Waals surface area contributed by atoms with Crippen LogP contribution in [0.2, 0.25) is 0 Å². The minimum atomic E-state index is -0.793. The van der Waals surface area contributed by atoms with E-state index in [4.69, 9.17) is 10.5 Å². The van der Waals surface area contributed by atoms with E-state index in [2.05, 4.69) is 5.32 Å². The van der Waals surface area contributed by atoms with Gasteiger partial charge in [0.25, 0.3) is 0 Å². The number of carbonyl (C=O) groups excluding carboxylic acids is 2. The third kappa shape index (κ3) is 3.44. The van der Waals surface area contributed by atoms with E-state index in [1.165, 1.54) is 0 Å². The van der Waals surface area contributed by atoms with Crippen molar-refractivity contribution in [1.29, 1.82) is 0 Å². The molecule has 1 aromatic rings. The molecule has 1 aliphatic carbocycles. The van der Waals surface area contributed by atoms with Crippen LogP contribution in [0, 0.1) is 0 Å². The zero-order chi connectivity index (χ0) is 15.5. The molecule has 0 bridgehead atoms. The molecule has 0 atom stereocenters. The molecule has 0 aromatic carbocycles. The van der Waals surface area contributed by atoms with Gasteiger partial charge < -0.3 is 20.4 Å². The number of aromatic nitrogens is 1. The minimum absolute atomic E-state index is 0.178. The fourth-order valence-corrected chi connectivity index (χ4v) is 2.71. The second kappa shape index (κ2) is 6.30. The number of carbonyl (C=O) groups is 2. The van der Waals surface area contributed by atoms with Crippen molar-refractivity contribution in [3.05, 3.63) is 18.0 Å². The van der Waals surface area contributed by atoms with Crippen LogP contribution in [0.3, 0.4) is 0 Å². The first-order valence-electron chi connectivity index (χ1n) is 7.40. The zero-order valence-electron chi connectivity index (χ0n) is 12.6. The predicted octanol–water partition coefficient (Wildman–Crippen LogP) is 1.80. The van der Waals surface area contributed by atoms with E-state index >= 15 is 0 Å². The maximum absolute atomic E-state index is 12.3. The van der Waals surface area contributed by atoms with Gasteiger partial charge in [-0.3, -0.25) is 4.79 Å². The highest BCUT2D eigenvalue weighted by molar-refractivity contribution is 5.99. The maximum atomic E-state index is 12.3. The Morgan fingerprint density at radius 3 is 2.67 bits per heavy atom. The summed E-state index contributed by atoms with van der Waals surface area (Å²) in [5.74, 6) is -0.580. The average molecular weight is 293 g/mol. The Kier molecular flexibility index (Phi) is 4.67. The number of ether oxygens (including phenoxy) is 1. The molecule has 6 nitrogen and oxygen atoms in total. The van der Waals surface area contributed by atoms with Gasteiger partial charge >= 0.3 is 5.97 Å². The monoisotopic (exact) mass is 293 g/mol. The lowest BCUT2D eigenvalue weighted by Gasteiger charge is -2.31. The fourth-order valence-electron chi connectivity index (χ4n) is 2.71. The van der Waals surface area contributed by atoms with Crippen molar-refractivity contribution < 1.29 is 14.3 Å². The third-order valence-electron chi connectivity index (χ3n) is 3.95. The molecule has 3 N–H and O–H groups in total. The van der Waals surface area contributed by atoms with Gasteiger partial charge in [0, 0.05) is 13.2 Å². The molecule has 21 heavy (non-hydrogen) atoms. The second-order valence-electron chi connectivity index (χ2n) is 5.62. The van der Waals surface area contributed by atoms with Crippen LogP contribution in [-0.4, -0.2) is 28.6 Å². The number of hydrogen-bond acceptors (Lipinski definition) is 4. The van der Waals surface area contributed by atoms with Gasteiger partial charge in [0.2, 0.25) is 5.91 Å². The van der Waals surface area contributed by atoms with E-state index in [1.54, 1.807) is 30.8 Å². The zero-order valence-corrected chi connectivity index (χ0v) is 12.6. The summed E-state index contributed by atoms with van der Waals surface area (Å²) >= 11 is 0. The van der Waals surface area contributed by atoms with Gasteiger partial charge in [-0.2, -0.15) is 0 Å². The van der Waals surface area contributed by atoms with E-state index in [-0.39, 0.29) is 5.91 Å². The molecule has 0 unspecified atom stereocenters. The highest BCUT2D eigenvalue weighted by atomic mass is 16.5. The van der Waals surface area contributed by atoms with Crippen LogP contribution in [0.25, 0.3) is 0 Å². The van der Waals surface area contributed by atoms with Crippen LogP contribution >= 0.6 is 0 Å². The molecular weight excluding hydrogens is 270 g/mol. The minimum Gasteiger partial charge on any atom is -0.461 e. The van der Waals surface area contributed by atoms with Gasteiger partial charge in [-0.25, -0.2) is 4.79 Å². The van der Waals surface area contributed by atoms with E-state index < -0.39 is 11.5 Å². The molecule has 1 heterocycles. The molecule has 0 radical (unpaired) electrons. The van der Waals surface area contributed by atoms with Gasteiger partial charge in [-0.15, -0.1) is 0 Å². The Morgan fingerprint density at radius 1 is 1.38 bits per heavy atom. The molecule has 1 saturated carbocycles. The SMILES string of the molecule is CCOC(=O)c1cc(NC(=O)C2(N)CCCCC2)cn1C. The first-order valence-corrected chi connectivity index (χ1v) is 7.40. The van der Waals surface area contributed by atoms with Gasteiger partial charge in [-0.05, 0) is 25.8 Å². The van der Waals surface area contributed by atoms with Crippen molar-refractivity contribution in [2.45, 2.75) is 44.6 Å². The van der Waals surface area contributed by atoms with Crippen LogP contribution in [0.4, 0.5) is 5.69 Å². The van der Waals surface area contributed by atoms with Crippen molar-refractivity contribution in [2.24, 2.45) is 12.8 Å². The van der Waals surface area contributed by atoms with Gasteiger partial charge in [0.05, 0.1) is 17.8 Å². The van der Waals surface area contributed by atoms with Crippen LogP contribution in [0.5, 0.6) is 0 Å². The summed E-state index contributed by atoms with van der Waals surface area (Å²) < 4.78 is 6.60. The van der Waals surface area contributed by atoms with Crippen molar-refractivity contribution in [1.82, 2.24) is 4.57 Å². The summed E-state index contributed by atoms with van der Waals surface area (Å²) in [4.78, 5) is 24.1. The normalized spacial score (nSPS) is 17.3. The van der Waals surface area contributed by atoms with Crippen LogP contribution in [-0.2, 0) is 16.6 Å². The Morgan fingerprint density at radius 2 is 2.05 bits per heavy atom. The number of nitrogens with zero attached hydrogens (tertiary/aromatic N) is 1. The average Bonchev–Trinajstić information content (AvgIpc) is 2.80. The van der Waals surface area contributed by atoms with E-state index in [0.717, 1.165) is 19.3 Å². The van der Waals surface area contributed by atoms with Crippen LogP contribution < -0.4 is 11.1 Å². The molecule has 1 aliphatic rings. The summed E-state index contributed by atoms with van der Waals surface area (Å²) in [6.45, 7) is 2.07. The topological polar surface area (TPSA) is 86.3 Å². The predicted molar refractivity (Wildman–Crippen MR) is 80.0 cm³/mol. The quantitative estimate of drug-likeness (QED) is 0.829. The number of nitrogens with one attached hydrogen (secondary N) is 1. The van der Waals surface area contributed by atoms with Crippen molar-refractivity contribution in [2.75, 3.05) is 11.9 Å². The summed E-state index contributed by atoms with van der Waals surface area (Å²) in [6, 6.07) is 1.61. The number of esters is 1. The number of rotatable bonds is 4. The van der Waals surface area contributed by atoms with Crippen molar-refractivity contribution in [3.63, 3.8) is 0 Å². The molecule has 116 valence electrons. The lowest BCUT2D eigenvalue weighted by molar-refractivity contribution is -0.122. The summed E-state index contributed by atoms with van der Waals surface area (Å²) in [7, 11) is 1.74. The molecule has 2 rings (SSSR count). The lowest BCUT2D eigenvalue weighted by Crippen LogP contribution is -2.52. The van der Waals surface area contributed by atoms with Gasteiger partial charge in [0.1, 0.15) is 5.69 Å². The molecule has 6 heteroatoms. The first kappa shape index (κ1) is 15.6. The molecule has 1 amide bonds. The van der Waals surface area contributed by atoms with Gasteiger partial charge in [-0.1, -0.05) is 19.3 Å². The second-order valence-corrected chi connectivity index (χ2v) is 5.62. The highest BCUT2D eigenvalue weighted by Crippen LogP contribution is 2.27. The summed E-state index contributed by atoms with van der Waals surface area (Å²) in [5, 5.41) is 2.82. The molecular formula is C15H23N3O3. The largest absolute Gasteiger partial charge is 0.461 e. The molecule has 0 saturated heterocycles. The van der Waals surface area contributed by atoms with Crippen LogP contribution in [0.1, 0.15) is 49.5 Å². The molecule has 1 fully saturated rings. The van der Waals surface area contributed by atoms with Crippen molar-refractivity contribution in [3.8, 4) is 0 Å². The molecule has 0 spiro atoms. The molecule has 0 aliphatic heterocycles. The smallest absolute Gasteiger partial charge is 0.355 e. The van der Waals surface area contributed by atoms with Gasteiger partial charge in [0.15, 0.2) is 0 Å². The third-order valence-corrected chi connectivity index (χ3v) is 3.95. The number of nitrogens with two attached hydrogens (primary N) is 1. The molecule has 1 aromatic heterocycles. The van der Waals surface area contributed by atoms with Crippen LogP contribution in [0.15, 0.2) is 12.3 Å². The number of amides is 1. The lowest BCUT2D eigenvalue weighted by atomic mass is 9.82. The van der Waals surface area contributed by atoms with E-state index in [1.807, 2.05) is 0 Å². The summed E-state index contributed by atoms with van der Waals surface area (Å²) in [5.41, 5.74) is 6.37. The Bertz CT molecular complexity index is 530. The van der Waals surface area contributed by atoms with E-state index in [9.17, 15) is 9.59 Å². The van der Waals surface area contributed by atoms with E-state index in [0.29, 0.717) is 30.8 Å². The fraction of sp³-hybridized carbons (Fsp3) is 0.600. The first-order chi connectivity index (χ1) is 9.96. The van der Waals surface area contributed by atoms with Crippen molar-refractivity contribution >= 4 is 17.6 Å². The number of aryl methyl sites for hydroxylation is 1.